The van der Waals surface area contributed by atoms with Crippen LogP contribution in [0.5, 0.6) is 0 Å². The van der Waals surface area contributed by atoms with Crippen molar-refractivity contribution in [2.75, 3.05) is 0 Å². The van der Waals surface area contributed by atoms with Gasteiger partial charge in [0.1, 0.15) is 17.8 Å². The first-order chi connectivity index (χ1) is 4.76. The largest absolute Gasteiger partial charge is 0.390 e. The summed E-state index contributed by atoms with van der Waals surface area (Å²) < 4.78 is 0. The molecule has 0 aliphatic carbocycles. The van der Waals surface area contributed by atoms with E-state index in [1.165, 1.54) is 0 Å². The van der Waals surface area contributed by atoms with Crippen molar-refractivity contribution in [3.8, 4) is 12.1 Å². The molecule has 0 spiro atoms. The Bertz CT molecular complexity index is 248. The summed E-state index contributed by atoms with van der Waals surface area (Å²) in [6, 6.07) is 3.17. The van der Waals surface area contributed by atoms with Crippen molar-refractivity contribution in [1.82, 2.24) is 0 Å². The molecule has 0 atom stereocenters. The normalized spacial score (nSPS) is 11.8. The van der Waals surface area contributed by atoms with Gasteiger partial charge in [0, 0.05) is 0 Å². The van der Waals surface area contributed by atoms with Gasteiger partial charge in [-0.15, -0.1) is 0 Å². The summed E-state index contributed by atoms with van der Waals surface area (Å²) in [5.41, 5.74) is 9.50. The molecule has 0 saturated carbocycles. The average Bonchev–Trinajstić information content (AvgIpc) is 1.99. The van der Waals surface area contributed by atoms with E-state index in [0.29, 0.717) is 0 Å². The van der Waals surface area contributed by atoms with Gasteiger partial charge in [0.15, 0.2) is 5.70 Å². The molecule has 4 N–H and O–H groups in total. The van der Waals surface area contributed by atoms with E-state index >= 15 is 0 Å². The van der Waals surface area contributed by atoms with E-state index in [4.69, 9.17) is 22.0 Å². The standard InChI is InChI=1S/C5H5N5/c6-1-4(9)5(2-7)10-3-8/h3H,9H2,(H2,8,10)/b5-4-. The lowest BCUT2D eigenvalue weighted by Gasteiger charge is -1.85. The summed E-state index contributed by atoms with van der Waals surface area (Å²) in [6.07, 6.45) is 0.906. The first kappa shape index (κ1) is 7.99. The topological polar surface area (TPSA) is 112 Å². The third kappa shape index (κ3) is 1.85. The molecule has 0 aromatic rings. The van der Waals surface area contributed by atoms with Gasteiger partial charge in [-0.25, -0.2) is 4.99 Å². The number of nitriles is 2. The van der Waals surface area contributed by atoms with Crippen molar-refractivity contribution in [3.05, 3.63) is 11.4 Å². The summed E-state index contributed by atoms with van der Waals surface area (Å²) in [5.74, 6) is 0. The SMILES string of the molecule is N#C/C(N)=C(\C#N)N=CN. The highest BCUT2D eigenvalue weighted by atomic mass is 14.8. The van der Waals surface area contributed by atoms with Crippen LogP contribution in [0.2, 0.25) is 0 Å². The molecular weight excluding hydrogens is 130 g/mol. The summed E-state index contributed by atoms with van der Waals surface area (Å²) in [5, 5.41) is 16.4. The van der Waals surface area contributed by atoms with Gasteiger partial charge in [-0.1, -0.05) is 0 Å². The summed E-state index contributed by atoms with van der Waals surface area (Å²) in [6.45, 7) is 0. The number of aliphatic imine (C=N–C) groups is 1. The number of nitrogens with two attached hydrogens (primary N) is 2. The quantitative estimate of drug-likeness (QED) is 0.278. The molecule has 0 aromatic heterocycles. The molecule has 0 saturated heterocycles. The van der Waals surface area contributed by atoms with E-state index in [-0.39, 0.29) is 11.4 Å². The van der Waals surface area contributed by atoms with Gasteiger partial charge in [0.2, 0.25) is 0 Å². The first-order valence-corrected chi connectivity index (χ1v) is 2.30. The van der Waals surface area contributed by atoms with Gasteiger partial charge in [-0.2, -0.15) is 10.5 Å². The Morgan fingerprint density at radius 2 is 2.00 bits per heavy atom. The van der Waals surface area contributed by atoms with Crippen LogP contribution in [0, 0.1) is 22.7 Å². The summed E-state index contributed by atoms with van der Waals surface area (Å²) in [4.78, 5) is 3.34. The Morgan fingerprint density at radius 1 is 1.40 bits per heavy atom. The van der Waals surface area contributed by atoms with Crippen LogP contribution >= 0.6 is 0 Å². The highest BCUT2D eigenvalue weighted by Crippen LogP contribution is 1.95. The lowest BCUT2D eigenvalue weighted by atomic mass is 10.4. The minimum absolute atomic E-state index is 0.162. The molecular formula is C5H5N5. The van der Waals surface area contributed by atoms with Crippen molar-refractivity contribution >= 4 is 6.34 Å². The molecule has 0 heterocycles. The Balaban J connectivity index is 4.72. The monoisotopic (exact) mass is 135 g/mol. The van der Waals surface area contributed by atoms with Crippen molar-refractivity contribution in [2.45, 2.75) is 0 Å². The Morgan fingerprint density at radius 3 is 2.30 bits per heavy atom. The minimum Gasteiger partial charge on any atom is -0.390 e. The number of hydrogen-bond donors (Lipinski definition) is 2. The van der Waals surface area contributed by atoms with E-state index in [2.05, 4.69) is 4.99 Å². The zero-order valence-corrected chi connectivity index (χ0v) is 5.07. The van der Waals surface area contributed by atoms with Gasteiger partial charge in [-0.05, 0) is 0 Å². The number of rotatable bonds is 1. The van der Waals surface area contributed by atoms with Gasteiger partial charge in [0.25, 0.3) is 0 Å². The molecule has 0 rings (SSSR count). The molecule has 0 aliphatic heterocycles. The van der Waals surface area contributed by atoms with Crippen LogP contribution in [0.4, 0.5) is 0 Å². The molecule has 50 valence electrons. The third-order valence-electron chi connectivity index (χ3n) is 0.685. The highest BCUT2D eigenvalue weighted by molar-refractivity contribution is 5.55. The van der Waals surface area contributed by atoms with Gasteiger partial charge in [0.05, 0.1) is 6.34 Å². The molecule has 5 heteroatoms. The van der Waals surface area contributed by atoms with Crippen molar-refractivity contribution in [3.63, 3.8) is 0 Å². The van der Waals surface area contributed by atoms with Crippen LogP contribution in [0.25, 0.3) is 0 Å². The fourth-order valence-corrected chi connectivity index (χ4v) is 0.286. The maximum absolute atomic E-state index is 8.25. The predicted molar refractivity (Wildman–Crippen MR) is 35.1 cm³/mol. The lowest BCUT2D eigenvalue weighted by molar-refractivity contribution is 1.27. The molecule has 0 bridgehead atoms. The Labute approximate surface area is 57.9 Å². The number of hydrogen-bond acceptors (Lipinski definition) is 4. The van der Waals surface area contributed by atoms with Gasteiger partial charge in [-0.3, -0.25) is 0 Å². The van der Waals surface area contributed by atoms with E-state index < -0.39 is 0 Å². The molecule has 0 fully saturated rings. The molecule has 0 aromatic carbocycles. The average molecular weight is 135 g/mol. The van der Waals surface area contributed by atoms with Crippen LogP contribution in [0.15, 0.2) is 16.4 Å². The van der Waals surface area contributed by atoms with E-state index in [0.717, 1.165) is 6.34 Å². The summed E-state index contributed by atoms with van der Waals surface area (Å²) in [7, 11) is 0. The Kier molecular flexibility index (Phi) is 3.14. The molecule has 10 heavy (non-hydrogen) atoms. The lowest BCUT2D eigenvalue weighted by Crippen LogP contribution is -1.99. The molecule has 5 nitrogen and oxygen atoms in total. The second-order valence-corrected chi connectivity index (χ2v) is 1.26. The second-order valence-electron chi connectivity index (χ2n) is 1.26. The molecule has 0 unspecified atom stereocenters. The second kappa shape index (κ2) is 3.93. The van der Waals surface area contributed by atoms with Crippen molar-refractivity contribution < 1.29 is 0 Å². The molecule has 0 radical (unpaired) electrons. The zero-order chi connectivity index (χ0) is 7.98. The maximum atomic E-state index is 8.25. The fraction of sp³-hybridized carbons (Fsp3) is 0. The molecule has 0 amide bonds. The smallest absolute Gasteiger partial charge is 0.175 e. The highest BCUT2D eigenvalue weighted by Gasteiger charge is 1.96. The zero-order valence-electron chi connectivity index (χ0n) is 5.07. The van der Waals surface area contributed by atoms with E-state index in [9.17, 15) is 0 Å². The minimum atomic E-state index is -0.232. The van der Waals surface area contributed by atoms with Crippen LogP contribution in [-0.2, 0) is 0 Å². The predicted octanol–water partition coefficient (Wildman–Crippen LogP) is -0.809. The molecule has 0 aliphatic rings. The Hall–Kier alpha value is -2.01. The maximum Gasteiger partial charge on any atom is 0.175 e. The van der Waals surface area contributed by atoms with Crippen LogP contribution in [0.3, 0.4) is 0 Å². The van der Waals surface area contributed by atoms with Gasteiger partial charge < -0.3 is 11.5 Å². The summed E-state index contributed by atoms with van der Waals surface area (Å²) >= 11 is 0. The third-order valence-corrected chi connectivity index (χ3v) is 0.685. The van der Waals surface area contributed by atoms with Crippen LogP contribution in [0.1, 0.15) is 0 Å². The number of allylic oxidation sites excluding steroid dienone is 2. The van der Waals surface area contributed by atoms with Crippen LogP contribution in [-0.4, -0.2) is 6.34 Å². The fourth-order valence-electron chi connectivity index (χ4n) is 0.286. The van der Waals surface area contributed by atoms with Crippen molar-refractivity contribution in [2.24, 2.45) is 16.5 Å². The van der Waals surface area contributed by atoms with Crippen molar-refractivity contribution in [1.29, 1.82) is 10.5 Å². The number of nitrogens with zero attached hydrogens (tertiary/aromatic N) is 3. The van der Waals surface area contributed by atoms with E-state index in [1.54, 1.807) is 12.1 Å². The van der Waals surface area contributed by atoms with Crippen LogP contribution < -0.4 is 11.5 Å². The first-order valence-electron chi connectivity index (χ1n) is 2.30. The van der Waals surface area contributed by atoms with E-state index in [1.807, 2.05) is 0 Å². The van der Waals surface area contributed by atoms with Gasteiger partial charge >= 0.3 is 0 Å².